The number of anilines is 1. The van der Waals surface area contributed by atoms with E-state index in [1.54, 1.807) is 0 Å². The number of nitrogens with two attached hydrogens (primary N) is 2. The molecule has 1 rings (SSSR count). The minimum absolute atomic E-state index is 0. The highest BCUT2D eigenvalue weighted by Crippen LogP contribution is 2.08. The SMILES string of the molecule is Br.Nc1ccc(S(N)(=O)=O)cc1. The van der Waals surface area contributed by atoms with Crippen molar-refractivity contribution in [2.75, 3.05) is 5.73 Å². The third kappa shape index (κ3) is 2.80. The van der Waals surface area contributed by atoms with Crippen LogP contribution in [0.25, 0.3) is 0 Å². The fraction of sp³-hybridized carbons (Fsp3) is 0. The van der Waals surface area contributed by atoms with E-state index in [0.29, 0.717) is 5.69 Å². The van der Waals surface area contributed by atoms with E-state index in [1.165, 1.54) is 24.3 Å². The molecule has 0 atom stereocenters. The molecule has 4 nitrogen and oxygen atoms in total. The van der Waals surface area contributed by atoms with E-state index in [2.05, 4.69) is 0 Å². The largest absolute Gasteiger partial charge is 0.399 e. The van der Waals surface area contributed by atoms with Crippen molar-refractivity contribution in [1.82, 2.24) is 0 Å². The Balaban J connectivity index is 0.00000121. The van der Waals surface area contributed by atoms with Gasteiger partial charge in [0.05, 0.1) is 4.90 Å². The van der Waals surface area contributed by atoms with Gasteiger partial charge in [0.15, 0.2) is 0 Å². The van der Waals surface area contributed by atoms with Gasteiger partial charge in [-0.3, -0.25) is 0 Å². The first kappa shape index (κ1) is 11.4. The van der Waals surface area contributed by atoms with Crippen molar-refractivity contribution in [3.63, 3.8) is 0 Å². The summed E-state index contributed by atoms with van der Waals surface area (Å²) in [6.07, 6.45) is 0. The molecule has 0 aromatic heterocycles. The number of rotatable bonds is 1. The van der Waals surface area contributed by atoms with Crippen LogP contribution in [0, 0.1) is 0 Å². The lowest BCUT2D eigenvalue weighted by atomic mass is 10.3. The molecule has 0 amide bonds. The quantitative estimate of drug-likeness (QED) is 0.714. The van der Waals surface area contributed by atoms with Crippen molar-refractivity contribution in [2.45, 2.75) is 4.90 Å². The summed E-state index contributed by atoms with van der Waals surface area (Å²) in [6, 6.07) is 5.70. The van der Waals surface area contributed by atoms with Crippen molar-refractivity contribution in [1.29, 1.82) is 0 Å². The molecule has 6 heteroatoms. The fourth-order valence-electron chi connectivity index (χ4n) is 0.658. The Morgan fingerprint density at radius 3 is 1.83 bits per heavy atom. The van der Waals surface area contributed by atoms with Crippen LogP contribution in [0.3, 0.4) is 0 Å². The topological polar surface area (TPSA) is 86.2 Å². The molecule has 0 radical (unpaired) electrons. The van der Waals surface area contributed by atoms with Crippen LogP contribution in [0.4, 0.5) is 5.69 Å². The van der Waals surface area contributed by atoms with Crippen LogP contribution in [-0.4, -0.2) is 8.42 Å². The third-order valence-corrected chi connectivity index (χ3v) is 2.14. The lowest BCUT2D eigenvalue weighted by Crippen LogP contribution is -2.11. The Labute approximate surface area is 81.4 Å². The van der Waals surface area contributed by atoms with Crippen LogP contribution in [-0.2, 0) is 10.0 Å². The monoisotopic (exact) mass is 252 g/mol. The van der Waals surface area contributed by atoms with Gasteiger partial charge in [-0.1, -0.05) is 0 Å². The van der Waals surface area contributed by atoms with Gasteiger partial charge in [0.2, 0.25) is 10.0 Å². The fourth-order valence-corrected chi connectivity index (χ4v) is 1.17. The first-order valence-electron chi connectivity index (χ1n) is 2.88. The summed E-state index contributed by atoms with van der Waals surface area (Å²) in [5.74, 6) is 0. The number of halogens is 1. The second-order valence-electron chi connectivity index (χ2n) is 2.11. The van der Waals surface area contributed by atoms with E-state index in [-0.39, 0.29) is 21.9 Å². The average Bonchev–Trinajstić information content (AvgIpc) is 1.86. The van der Waals surface area contributed by atoms with Gasteiger partial charge in [-0.25, -0.2) is 13.6 Å². The summed E-state index contributed by atoms with van der Waals surface area (Å²) in [6.45, 7) is 0. The molecule has 12 heavy (non-hydrogen) atoms. The first-order valence-corrected chi connectivity index (χ1v) is 4.43. The van der Waals surface area contributed by atoms with Crippen molar-refractivity contribution in [2.24, 2.45) is 5.14 Å². The van der Waals surface area contributed by atoms with Crippen LogP contribution in [0.5, 0.6) is 0 Å². The molecule has 4 N–H and O–H groups in total. The Morgan fingerprint density at radius 2 is 1.50 bits per heavy atom. The zero-order valence-electron chi connectivity index (χ0n) is 6.10. The van der Waals surface area contributed by atoms with E-state index in [0.717, 1.165) is 0 Å². The summed E-state index contributed by atoms with van der Waals surface area (Å²) in [5.41, 5.74) is 5.85. The minimum Gasteiger partial charge on any atom is -0.399 e. The van der Waals surface area contributed by atoms with E-state index in [1.807, 2.05) is 0 Å². The Bertz CT molecular complexity index is 346. The molecule has 0 fully saturated rings. The van der Waals surface area contributed by atoms with Crippen LogP contribution in [0.15, 0.2) is 29.2 Å². The second kappa shape index (κ2) is 3.88. The zero-order valence-corrected chi connectivity index (χ0v) is 8.63. The van der Waals surface area contributed by atoms with Gasteiger partial charge < -0.3 is 5.73 Å². The number of hydrogen-bond acceptors (Lipinski definition) is 3. The Morgan fingerprint density at radius 1 is 1.08 bits per heavy atom. The van der Waals surface area contributed by atoms with Gasteiger partial charge in [-0.15, -0.1) is 17.0 Å². The van der Waals surface area contributed by atoms with Crippen LogP contribution in [0.2, 0.25) is 0 Å². The van der Waals surface area contributed by atoms with Gasteiger partial charge in [-0.05, 0) is 24.3 Å². The smallest absolute Gasteiger partial charge is 0.238 e. The lowest BCUT2D eigenvalue weighted by Gasteiger charge is -1.96. The van der Waals surface area contributed by atoms with Crippen molar-refractivity contribution >= 4 is 32.7 Å². The Kier molecular flexibility index (Phi) is 3.69. The summed E-state index contributed by atoms with van der Waals surface area (Å²) >= 11 is 0. The summed E-state index contributed by atoms with van der Waals surface area (Å²) in [7, 11) is -3.58. The molecular formula is C6H9BrN2O2S. The number of benzene rings is 1. The molecule has 0 bridgehead atoms. The Hall–Kier alpha value is -0.590. The lowest BCUT2D eigenvalue weighted by molar-refractivity contribution is 0.598. The standard InChI is InChI=1S/C6H8N2O2S.BrH/c7-5-1-3-6(4-2-5)11(8,9)10;/h1-4H,7H2,(H2,8,9,10);1H. The molecule has 0 aliphatic carbocycles. The second-order valence-corrected chi connectivity index (χ2v) is 3.68. The molecule has 0 saturated carbocycles. The van der Waals surface area contributed by atoms with Gasteiger partial charge in [0.25, 0.3) is 0 Å². The van der Waals surface area contributed by atoms with Gasteiger partial charge in [0.1, 0.15) is 0 Å². The molecule has 1 aromatic carbocycles. The van der Waals surface area contributed by atoms with E-state index in [4.69, 9.17) is 10.9 Å². The molecule has 0 spiro atoms. The maximum absolute atomic E-state index is 10.7. The molecule has 0 heterocycles. The van der Waals surface area contributed by atoms with Crippen molar-refractivity contribution < 1.29 is 8.42 Å². The highest BCUT2D eigenvalue weighted by Gasteiger charge is 2.04. The maximum Gasteiger partial charge on any atom is 0.238 e. The zero-order chi connectivity index (χ0) is 8.48. The molecule has 0 saturated heterocycles. The molecular weight excluding hydrogens is 244 g/mol. The van der Waals surface area contributed by atoms with E-state index >= 15 is 0 Å². The van der Waals surface area contributed by atoms with Gasteiger partial charge >= 0.3 is 0 Å². The predicted molar refractivity (Wildman–Crippen MR) is 52.5 cm³/mol. The normalized spacial score (nSPS) is 10.4. The summed E-state index contributed by atoms with van der Waals surface area (Å²) in [5, 5.41) is 4.84. The average molecular weight is 253 g/mol. The highest BCUT2D eigenvalue weighted by atomic mass is 79.9. The summed E-state index contributed by atoms with van der Waals surface area (Å²) < 4.78 is 21.4. The van der Waals surface area contributed by atoms with Crippen LogP contribution in [0.1, 0.15) is 0 Å². The molecule has 0 unspecified atom stereocenters. The predicted octanol–water partition coefficient (Wildman–Crippen LogP) is 0.494. The number of sulfonamides is 1. The van der Waals surface area contributed by atoms with E-state index in [9.17, 15) is 8.42 Å². The summed E-state index contributed by atoms with van der Waals surface area (Å²) in [4.78, 5) is 0.0756. The van der Waals surface area contributed by atoms with Crippen molar-refractivity contribution in [3.05, 3.63) is 24.3 Å². The molecule has 0 aliphatic rings. The molecule has 68 valence electrons. The van der Waals surface area contributed by atoms with Gasteiger partial charge in [0, 0.05) is 5.69 Å². The van der Waals surface area contributed by atoms with Crippen LogP contribution >= 0.6 is 17.0 Å². The van der Waals surface area contributed by atoms with Gasteiger partial charge in [-0.2, -0.15) is 0 Å². The number of primary sulfonamides is 1. The first-order chi connectivity index (χ1) is 5.00. The minimum atomic E-state index is -3.58. The number of nitrogen functional groups attached to an aromatic ring is 1. The number of hydrogen-bond donors (Lipinski definition) is 2. The van der Waals surface area contributed by atoms with E-state index < -0.39 is 10.0 Å². The highest BCUT2D eigenvalue weighted by molar-refractivity contribution is 8.93. The van der Waals surface area contributed by atoms with Crippen molar-refractivity contribution in [3.8, 4) is 0 Å². The maximum atomic E-state index is 10.7. The molecule has 1 aromatic rings. The third-order valence-electron chi connectivity index (χ3n) is 1.21. The van der Waals surface area contributed by atoms with Crippen LogP contribution < -0.4 is 10.9 Å². The molecule has 0 aliphatic heterocycles.